The van der Waals surface area contributed by atoms with Crippen LogP contribution in [0.4, 0.5) is 0 Å². The van der Waals surface area contributed by atoms with E-state index in [1.165, 1.54) is 4.90 Å². The average molecular weight is 230 g/mol. The Kier molecular flexibility index (Phi) is 4.70. The van der Waals surface area contributed by atoms with Crippen LogP contribution in [0.5, 0.6) is 0 Å². The molecule has 1 aliphatic carbocycles. The summed E-state index contributed by atoms with van der Waals surface area (Å²) in [6.07, 6.45) is 2.63. The predicted molar refractivity (Wildman–Crippen MR) is 60.7 cm³/mol. The maximum absolute atomic E-state index is 12.3. The minimum absolute atomic E-state index is 0.0411. The Morgan fingerprint density at radius 3 is 2.38 bits per heavy atom. The lowest BCUT2D eigenvalue weighted by atomic mass is 9.83. The Morgan fingerprint density at radius 2 is 2.00 bits per heavy atom. The molecule has 0 aromatic heterocycles. The van der Waals surface area contributed by atoms with E-state index in [9.17, 15) is 4.79 Å². The molecule has 1 fully saturated rings. The number of hydrogen-bond acceptors (Lipinski definition) is 4. The highest BCUT2D eigenvalue weighted by atomic mass is 16.3. The summed E-state index contributed by atoms with van der Waals surface area (Å²) in [6.45, 7) is 2.24. The summed E-state index contributed by atoms with van der Waals surface area (Å²) in [4.78, 5) is 13.8. The Morgan fingerprint density at radius 1 is 1.44 bits per heavy atom. The van der Waals surface area contributed by atoms with Crippen LogP contribution in [-0.4, -0.2) is 53.4 Å². The van der Waals surface area contributed by atoms with Gasteiger partial charge >= 0.3 is 0 Å². The Bertz CT molecular complexity index is 241. The number of amides is 1. The molecular weight excluding hydrogens is 208 g/mol. The van der Waals surface area contributed by atoms with Gasteiger partial charge in [0, 0.05) is 19.1 Å². The second-order valence-electron chi connectivity index (χ2n) is 4.66. The van der Waals surface area contributed by atoms with Gasteiger partial charge in [-0.25, -0.2) is 0 Å². The normalized spacial score (nSPS) is 29.4. The van der Waals surface area contributed by atoms with Gasteiger partial charge in [-0.1, -0.05) is 6.42 Å². The molecule has 2 unspecified atom stereocenters. The van der Waals surface area contributed by atoms with Crippen molar-refractivity contribution in [3.8, 4) is 0 Å². The highest BCUT2D eigenvalue weighted by molar-refractivity contribution is 5.83. The number of carbonyl (C=O) groups excluding carboxylic acids is 1. The van der Waals surface area contributed by atoms with Crippen molar-refractivity contribution in [1.29, 1.82) is 0 Å². The SMILES string of the molecule is CC1(C(=O)N(CCO)CCO)CCCC1N. The van der Waals surface area contributed by atoms with Crippen LogP contribution in [0.3, 0.4) is 0 Å². The largest absolute Gasteiger partial charge is 0.395 e. The smallest absolute Gasteiger partial charge is 0.230 e. The fourth-order valence-corrected chi connectivity index (χ4v) is 2.38. The summed E-state index contributed by atoms with van der Waals surface area (Å²) in [6, 6.07) is -0.111. The molecule has 1 amide bonds. The predicted octanol–water partition coefficient (Wildman–Crippen LogP) is -0.683. The fraction of sp³-hybridized carbons (Fsp3) is 0.909. The molecule has 5 nitrogen and oxygen atoms in total. The van der Waals surface area contributed by atoms with Gasteiger partial charge in [-0.2, -0.15) is 0 Å². The molecule has 4 N–H and O–H groups in total. The quantitative estimate of drug-likeness (QED) is 0.584. The molecule has 1 aliphatic rings. The molecule has 94 valence electrons. The number of nitrogens with two attached hydrogens (primary N) is 1. The summed E-state index contributed by atoms with van der Waals surface area (Å²) in [5, 5.41) is 17.8. The van der Waals surface area contributed by atoms with Crippen molar-refractivity contribution in [2.75, 3.05) is 26.3 Å². The van der Waals surface area contributed by atoms with E-state index < -0.39 is 5.41 Å². The van der Waals surface area contributed by atoms with E-state index in [1.54, 1.807) is 0 Å². The van der Waals surface area contributed by atoms with Crippen LogP contribution < -0.4 is 5.73 Å². The second kappa shape index (κ2) is 5.61. The topological polar surface area (TPSA) is 86.8 Å². The first-order valence-corrected chi connectivity index (χ1v) is 5.83. The summed E-state index contributed by atoms with van der Waals surface area (Å²) in [5.74, 6) is -0.0411. The molecule has 0 radical (unpaired) electrons. The van der Waals surface area contributed by atoms with E-state index in [1.807, 2.05) is 6.92 Å². The molecule has 0 aliphatic heterocycles. The zero-order valence-electron chi connectivity index (χ0n) is 9.85. The molecule has 1 rings (SSSR count). The highest BCUT2D eigenvalue weighted by Crippen LogP contribution is 2.38. The van der Waals surface area contributed by atoms with Crippen molar-refractivity contribution in [1.82, 2.24) is 4.90 Å². The van der Waals surface area contributed by atoms with E-state index in [-0.39, 0.29) is 38.3 Å². The molecule has 2 atom stereocenters. The van der Waals surface area contributed by atoms with E-state index in [2.05, 4.69) is 0 Å². The number of rotatable bonds is 5. The van der Waals surface area contributed by atoms with Crippen LogP contribution in [0.25, 0.3) is 0 Å². The molecule has 0 spiro atoms. The lowest BCUT2D eigenvalue weighted by Crippen LogP contribution is -2.50. The van der Waals surface area contributed by atoms with Gasteiger partial charge in [-0.05, 0) is 19.8 Å². The van der Waals surface area contributed by atoms with E-state index >= 15 is 0 Å². The van der Waals surface area contributed by atoms with Crippen molar-refractivity contribution in [2.24, 2.45) is 11.1 Å². The summed E-state index contributed by atoms with van der Waals surface area (Å²) < 4.78 is 0. The first-order chi connectivity index (χ1) is 7.56. The van der Waals surface area contributed by atoms with Crippen LogP contribution in [-0.2, 0) is 4.79 Å². The summed E-state index contributed by atoms with van der Waals surface area (Å²) in [7, 11) is 0. The number of aliphatic hydroxyl groups excluding tert-OH is 2. The number of nitrogens with zero attached hydrogens (tertiary/aromatic N) is 1. The minimum atomic E-state index is -0.523. The Hall–Kier alpha value is -0.650. The van der Waals surface area contributed by atoms with Gasteiger partial charge in [-0.3, -0.25) is 4.79 Å². The van der Waals surface area contributed by atoms with Gasteiger partial charge in [0.2, 0.25) is 5.91 Å². The lowest BCUT2D eigenvalue weighted by molar-refractivity contribution is -0.142. The number of hydrogen-bond donors (Lipinski definition) is 3. The molecule has 0 bridgehead atoms. The second-order valence-corrected chi connectivity index (χ2v) is 4.66. The zero-order valence-corrected chi connectivity index (χ0v) is 9.85. The lowest BCUT2D eigenvalue weighted by Gasteiger charge is -2.34. The third-order valence-corrected chi connectivity index (χ3v) is 3.55. The molecule has 16 heavy (non-hydrogen) atoms. The average Bonchev–Trinajstić information content (AvgIpc) is 2.59. The standard InChI is InChI=1S/C11H22N2O3/c1-11(4-2-3-9(11)12)10(16)13(5-7-14)6-8-15/h9,14-15H,2-8,12H2,1H3. The van der Waals surface area contributed by atoms with Gasteiger partial charge in [0.1, 0.15) is 0 Å². The van der Waals surface area contributed by atoms with E-state index in [0.29, 0.717) is 0 Å². The molecule has 1 saturated carbocycles. The molecule has 0 heterocycles. The van der Waals surface area contributed by atoms with Crippen LogP contribution in [0.2, 0.25) is 0 Å². The summed E-state index contributed by atoms with van der Waals surface area (Å²) in [5.41, 5.74) is 5.45. The first-order valence-electron chi connectivity index (χ1n) is 5.83. The third kappa shape index (κ3) is 2.53. The molecule has 5 heteroatoms. The van der Waals surface area contributed by atoms with Crippen molar-refractivity contribution >= 4 is 5.91 Å². The first kappa shape index (κ1) is 13.4. The van der Waals surface area contributed by atoms with Crippen LogP contribution >= 0.6 is 0 Å². The molecule has 0 aromatic rings. The monoisotopic (exact) mass is 230 g/mol. The molecule has 0 saturated heterocycles. The van der Waals surface area contributed by atoms with Crippen LogP contribution in [0.15, 0.2) is 0 Å². The Balaban J connectivity index is 2.72. The van der Waals surface area contributed by atoms with Crippen molar-refractivity contribution in [3.63, 3.8) is 0 Å². The number of carbonyl (C=O) groups is 1. The van der Waals surface area contributed by atoms with E-state index in [4.69, 9.17) is 15.9 Å². The van der Waals surface area contributed by atoms with E-state index in [0.717, 1.165) is 19.3 Å². The Labute approximate surface area is 96.2 Å². The van der Waals surface area contributed by atoms with Crippen molar-refractivity contribution in [3.05, 3.63) is 0 Å². The van der Waals surface area contributed by atoms with Gasteiger partial charge in [0.25, 0.3) is 0 Å². The van der Waals surface area contributed by atoms with Gasteiger partial charge < -0.3 is 20.8 Å². The van der Waals surface area contributed by atoms with Crippen LogP contribution in [0.1, 0.15) is 26.2 Å². The van der Waals surface area contributed by atoms with Gasteiger partial charge in [-0.15, -0.1) is 0 Å². The molecular formula is C11H22N2O3. The molecule has 0 aromatic carbocycles. The zero-order chi connectivity index (χ0) is 12.2. The maximum atomic E-state index is 12.3. The maximum Gasteiger partial charge on any atom is 0.230 e. The van der Waals surface area contributed by atoms with Crippen LogP contribution in [0, 0.1) is 5.41 Å². The van der Waals surface area contributed by atoms with Gasteiger partial charge in [0.05, 0.1) is 18.6 Å². The minimum Gasteiger partial charge on any atom is -0.395 e. The fourth-order valence-electron chi connectivity index (χ4n) is 2.38. The summed E-state index contributed by atoms with van der Waals surface area (Å²) >= 11 is 0. The highest BCUT2D eigenvalue weighted by Gasteiger charge is 2.44. The number of aliphatic hydroxyl groups is 2. The third-order valence-electron chi connectivity index (χ3n) is 3.55. The van der Waals surface area contributed by atoms with Crippen molar-refractivity contribution < 1.29 is 15.0 Å². The van der Waals surface area contributed by atoms with Gasteiger partial charge in [0.15, 0.2) is 0 Å². The van der Waals surface area contributed by atoms with Crippen molar-refractivity contribution in [2.45, 2.75) is 32.2 Å².